The summed E-state index contributed by atoms with van der Waals surface area (Å²) in [5.41, 5.74) is 1.88. The number of carbonyl (C=O) groups excluding carboxylic acids is 1. The van der Waals surface area contributed by atoms with E-state index in [-0.39, 0.29) is 17.3 Å². The minimum Gasteiger partial charge on any atom is -0.468 e. The second kappa shape index (κ2) is 7.48. The number of hydrogen-bond donors (Lipinski definition) is 0. The molecule has 0 aliphatic heterocycles. The van der Waals surface area contributed by atoms with Crippen molar-refractivity contribution < 1.29 is 9.53 Å². The van der Waals surface area contributed by atoms with Gasteiger partial charge in [-0.1, -0.05) is 36.9 Å². The molecule has 3 aromatic rings. The van der Waals surface area contributed by atoms with Crippen molar-refractivity contribution in [3.63, 3.8) is 0 Å². The highest BCUT2D eigenvalue weighted by atomic mass is 32.2. The molecule has 0 N–H and O–H groups in total. The van der Waals surface area contributed by atoms with Gasteiger partial charge >= 0.3 is 5.97 Å². The number of hydrogen-bond acceptors (Lipinski definition) is 6. The van der Waals surface area contributed by atoms with E-state index >= 15 is 0 Å². The molecule has 4 rings (SSSR count). The van der Waals surface area contributed by atoms with Gasteiger partial charge in [-0.05, 0) is 42.9 Å². The number of rotatable bonds is 4. The lowest BCUT2D eigenvalue weighted by molar-refractivity contribution is -0.137. The minimum absolute atomic E-state index is 0.0511. The molecule has 140 valence electrons. The van der Waals surface area contributed by atoms with Crippen LogP contribution >= 0.6 is 23.1 Å². The van der Waals surface area contributed by atoms with E-state index in [1.807, 2.05) is 30.3 Å². The maximum absolute atomic E-state index is 13.5. The van der Waals surface area contributed by atoms with Gasteiger partial charge in [0.1, 0.15) is 4.83 Å². The molecule has 2 heterocycles. The van der Waals surface area contributed by atoms with Crippen LogP contribution in [0.3, 0.4) is 0 Å². The summed E-state index contributed by atoms with van der Waals surface area (Å²) in [7, 11) is 1.36. The largest absolute Gasteiger partial charge is 0.468 e. The third-order valence-electron chi connectivity index (χ3n) is 4.90. The van der Waals surface area contributed by atoms with Gasteiger partial charge in [0.25, 0.3) is 5.56 Å². The molecule has 0 bridgehead atoms. The normalized spacial score (nSPS) is 16.3. The first-order valence-electron chi connectivity index (χ1n) is 8.93. The van der Waals surface area contributed by atoms with Crippen LogP contribution in [0.5, 0.6) is 0 Å². The van der Waals surface area contributed by atoms with Crippen molar-refractivity contribution in [2.24, 2.45) is 0 Å². The number of para-hydroxylation sites is 1. The fraction of sp³-hybridized carbons (Fsp3) is 0.350. The molecule has 7 heteroatoms. The Kier molecular flexibility index (Phi) is 5.06. The predicted octanol–water partition coefficient (Wildman–Crippen LogP) is 4.15. The Balaban J connectivity index is 1.95. The van der Waals surface area contributed by atoms with E-state index in [1.165, 1.54) is 29.3 Å². The summed E-state index contributed by atoms with van der Waals surface area (Å²) in [5.74, 6) is 0.144. The maximum Gasteiger partial charge on any atom is 0.316 e. The molecule has 0 saturated heterocycles. The van der Waals surface area contributed by atoms with Gasteiger partial charge in [0.2, 0.25) is 0 Å². The molecule has 1 atom stereocenters. The minimum atomic E-state index is -0.340. The third kappa shape index (κ3) is 3.30. The topological polar surface area (TPSA) is 61.2 Å². The summed E-state index contributed by atoms with van der Waals surface area (Å²) < 4.78 is 6.37. The Morgan fingerprint density at radius 1 is 1.37 bits per heavy atom. The van der Waals surface area contributed by atoms with E-state index < -0.39 is 0 Å². The second-order valence-electron chi connectivity index (χ2n) is 6.65. The molecule has 0 spiro atoms. The van der Waals surface area contributed by atoms with Crippen LogP contribution in [0.2, 0.25) is 0 Å². The molecule has 0 amide bonds. The molecule has 5 nitrogen and oxygen atoms in total. The highest BCUT2D eigenvalue weighted by Crippen LogP contribution is 2.40. The van der Waals surface area contributed by atoms with Gasteiger partial charge < -0.3 is 4.74 Å². The van der Waals surface area contributed by atoms with Crippen molar-refractivity contribution >= 4 is 39.3 Å². The molecule has 2 aromatic heterocycles. The summed E-state index contributed by atoms with van der Waals surface area (Å²) in [6.45, 7) is 2.19. The number of esters is 1. The number of aryl methyl sites for hydroxylation is 1. The Hall–Kier alpha value is -2.12. The number of thiophene rings is 1. The SMILES string of the molecule is COC(=O)CSc1nc2sc3c(c2c(=O)n1-c1ccccc1)[C@@H](C)CCC3. The molecule has 0 fully saturated rings. The van der Waals surface area contributed by atoms with E-state index in [4.69, 9.17) is 9.72 Å². The Bertz CT molecular complexity index is 1060. The van der Waals surface area contributed by atoms with Crippen molar-refractivity contribution in [1.82, 2.24) is 9.55 Å². The quantitative estimate of drug-likeness (QED) is 0.374. The van der Waals surface area contributed by atoms with E-state index in [0.29, 0.717) is 11.1 Å². The summed E-state index contributed by atoms with van der Waals surface area (Å²) in [6.07, 6.45) is 3.26. The number of aromatic nitrogens is 2. The zero-order chi connectivity index (χ0) is 19.0. The zero-order valence-electron chi connectivity index (χ0n) is 15.2. The number of fused-ring (bicyclic) bond motifs is 3. The van der Waals surface area contributed by atoms with Crippen LogP contribution in [-0.4, -0.2) is 28.4 Å². The molecule has 0 radical (unpaired) electrons. The van der Waals surface area contributed by atoms with Crippen LogP contribution in [0.1, 0.15) is 36.1 Å². The molecular formula is C20H20N2O3S2. The van der Waals surface area contributed by atoms with Crippen LogP contribution in [0, 0.1) is 0 Å². The van der Waals surface area contributed by atoms with E-state index in [0.717, 1.165) is 35.2 Å². The zero-order valence-corrected chi connectivity index (χ0v) is 16.9. The smallest absolute Gasteiger partial charge is 0.316 e. The van der Waals surface area contributed by atoms with Crippen molar-refractivity contribution in [2.75, 3.05) is 12.9 Å². The number of nitrogens with zero attached hydrogens (tertiary/aromatic N) is 2. The van der Waals surface area contributed by atoms with Crippen LogP contribution in [0.4, 0.5) is 0 Å². The lowest BCUT2D eigenvalue weighted by atomic mass is 9.88. The summed E-state index contributed by atoms with van der Waals surface area (Å²) in [6, 6.07) is 9.48. The predicted molar refractivity (Wildman–Crippen MR) is 109 cm³/mol. The Morgan fingerprint density at radius 2 is 2.15 bits per heavy atom. The third-order valence-corrected chi connectivity index (χ3v) is 6.98. The van der Waals surface area contributed by atoms with E-state index in [2.05, 4.69) is 6.92 Å². The molecule has 0 unspecified atom stereocenters. The van der Waals surface area contributed by atoms with Crippen LogP contribution in [0.15, 0.2) is 40.3 Å². The lowest BCUT2D eigenvalue weighted by Crippen LogP contribution is -2.23. The van der Waals surface area contributed by atoms with E-state index in [9.17, 15) is 9.59 Å². The van der Waals surface area contributed by atoms with Gasteiger partial charge in [0.15, 0.2) is 5.16 Å². The van der Waals surface area contributed by atoms with Gasteiger partial charge in [0, 0.05) is 4.88 Å². The highest BCUT2D eigenvalue weighted by Gasteiger charge is 2.26. The first-order chi connectivity index (χ1) is 13.1. The molecule has 27 heavy (non-hydrogen) atoms. The number of carbonyl (C=O) groups is 1. The van der Waals surface area contributed by atoms with Crippen LogP contribution in [-0.2, 0) is 16.0 Å². The van der Waals surface area contributed by atoms with Crippen molar-refractivity contribution in [1.29, 1.82) is 0 Å². The van der Waals surface area contributed by atoms with Gasteiger partial charge in [-0.3, -0.25) is 14.2 Å². The van der Waals surface area contributed by atoms with Crippen molar-refractivity contribution in [2.45, 2.75) is 37.3 Å². The Morgan fingerprint density at radius 3 is 2.89 bits per heavy atom. The summed E-state index contributed by atoms with van der Waals surface area (Å²) in [5, 5.41) is 1.27. The van der Waals surface area contributed by atoms with Crippen molar-refractivity contribution in [3.8, 4) is 5.69 Å². The van der Waals surface area contributed by atoms with Crippen LogP contribution < -0.4 is 5.56 Å². The first-order valence-corrected chi connectivity index (χ1v) is 10.7. The van der Waals surface area contributed by atoms with E-state index in [1.54, 1.807) is 15.9 Å². The standard InChI is InChI=1S/C20H20N2O3S2/c1-12-7-6-10-14-16(12)17-18(27-14)21-20(26-11-15(23)25-2)22(19(17)24)13-8-4-3-5-9-13/h3-5,8-9,12H,6-7,10-11H2,1-2H3/t12-/m0/s1. The number of ether oxygens (including phenoxy) is 1. The van der Waals surface area contributed by atoms with Crippen LogP contribution in [0.25, 0.3) is 15.9 Å². The summed E-state index contributed by atoms with van der Waals surface area (Å²) in [4.78, 5) is 32.0. The average Bonchev–Trinajstić information content (AvgIpc) is 3.06. The lowest BCUT2D eigenvalue weighted by Gasteiger charge is -2.19. The first kappa shape index (κ1) is 18.3. The van der Waals surface area contributed by atoms with Gasteiger partial charge in [-0.2, -0.15) is 0 Å². The monoisotopic (exact) mass is 400 g/mol. The van der Waals surface area contributed by atoms with Gasteiger partial charge in [-0.15, -0.1) is 11.3 Å². The molecular weight excluding hydrogens is 380 g/mol. The molecule has 1 aromatic carbocycles. The maximum atomic E-state index is 13.5. The van der Waals surface area contributed by atoms with Gasteiger partial charge in [0.05, 0.1) is 23.9 Å². The number of methoxy groups -OCH3 is 1. The fourth-order valence-electron chi connectivity index (χ4n) is 3.60. The average molecular weight is 401 g/mol. The number of thioether (sulfide) groups is 1. The molecule has 0 saturated carbocycles. The highest BCUT2D eigenvalue weighted by molar-refractivity contribution is 7.99. The second-order valence-corrected chi connectivity index (χ2v) is 8.67. The molecule has 1 aliphatic rings. The fourth-order valence-corrected chi connectivity index (χ4v) is 5.82. The van der Waals surface area contributed by atoms with Crippen molar-refractivity contribution in [3.05, 3.63) is 51.1 Å². The molecule has 1 aliphatic carbocycles. The Labute approximate surface area is 165 Å². The van der Waals surface area contributed by atoms with Gasteiger partial charge in [-0.25, -0.2) is 4.98 Å². The summed E-state index contributed by atoms with van der Waals surface area (Å²) >= 11 is 2.86. The number of benzene rings is 1.